The molecular weight excluding hydrogens is 220 g/mol. The minimum absolute atomic E-state index is 0.252. The molecule has 1 saturated heterocycles. The summed E-state index contributed by atoms with van der Waals surface area (Å²) >= 11 is 1.38. The molecule has 0 bridgehead atoms. The van der Waals surface area contributed by atoms with Gasteiger partial charge in [0.25, 0.3) is 0 Å². The SMILES string of the molecule is CC(C)S[C@@H]1O[C@@H]([C@H](O)CO)[C@H](O)[C@H]1O. The zero-order chi connectivity index (χ0) is 11.6. The first kappa shape index (κ1) is 13.2. The van der Waals surface area contributed by atoms with Crippen LogP contribution in [0.2, 0.25) is 0 Å². The van der Waals surface area contributed by atoms with Crippen LogP contribution >= 0.6 is 11.8 Å². The molecule has 0 spiro atoms. The van der Waals surface area contributed by atoms with Crippen molar-refractivity contribution in [2.24, 2.45) is 0 Å². The van der Waals surface area contributed by atoms with Gasteiger partial charge in [-0.25, -0.2) is 0 Å². The Morgan fingerprint density at radius 1 is 1.27 bits per heavy atom. The number of hydrogen-bond donors (Lipinski definition) is 4. The molecule has 4 N–H and O–H groups in total. The van der Waals surface area contributed by atoms with Gasteiger partial charge < -0.3 is 25.2 Å². The second kappa shape index (κ2) is 5.47. The number of ether oxygens (including phenoxy) is 1. The zero-order valence-corrected chi connectivity index (χ0v) is 9.59. The highest BCUT2D eigenvalue weighted by Crippen LogP contribution is 2.32. The lowest BCUT2D eigenvalue weighted by Crippen LogP contribution is -2.40. The summed E-state index contributed by atoms with van der Waals surface area (Å²) in [5.74, 6) is 0. The van der Waals surface area contributed by atoms with Crippen LogP contribution in [0, 0.1) is 0 Å². The average molecular weight is 238 g/mol. The molecule has 1 aliphatic rings. The van der Waals surface area contributed by atoms with E-state index in [4.69, 9.17) is 9.84 Å². The van der Waals surface area contributed by atoms with Gasteiger partial charge in [0.15, 0.2) is 0 Å². The van der Waals surface area contributed by atoms with E-state index in [0.717, 1.165) is 0 Å². The Morgan fingerprint density at radius 2 is 1.87 bits per heavy atom. The first-order valence-corrected chi connectivity index (χ1v) is 5.87. The van der Waals surface area contributed by atoms with Crippen molar-refractivity contribution in [1.29, 1.82) is 0 Å². The highest BCUT2D eigenvalue weighted by Gasteiger charge is 2.46. The van der Waals surface area contributed by atoms with Crippen molar-refractivity contribution in [2.75, 3.05) is 6.61 Å². The number of aliphatic hydroxyl groups is 4. The molecule has 5 atom stereocenters. The standard InChI is InChI=1S/C9H18O5S/c1-4(2)15-9-7(13)6(12)8(14-9)5(11)3-10/h4-13H,3H2,1-2H3/t5-,6-,7-,8+,9+/m1/s1. The molecular formula is C9H18O5S. The molecule has 5 nitrogen and oxygen atoms in total. The summed E-state index contributed by atoms with van der Waals surface area (Å²) in [6.45, 7) is 3.40. The van der Waals surface area contributed by atoms with Crippen molar-refractivity contribution in [2.45, 2.75) is 48.9 Å². The van der Waals surface area contributed by atoms with Crippen LogP contribution in [0.5, 0.6) is 0 Å². The van der Waals surface area contributed by atoms with Crippen molar-refractivity contribution < 1.29 is 25.2 Å². The van der Waals surface area contributed by atoms with Crippen LogP contribution in [-0.2, 0) is 4.74 Å². The van der Waals surface area contributed by atoms with E-state index in [0.29, 0.717) is 0 Å². The normalized spacial score (nSPS) is 38.6. The van der Waals surface area contributed by atoms with Crippen LogP contribution < -0.4 is 0 Å². The number of aliphatic hydroxyl groups excluding tert-OH is 4. The first-order valence-electron chi connectivity index (χ1n) is 4.93. The molecule has 1 heterocycles. The lowest BCUT2D eigenvalue weighted by atomic mass is 10.1. The Kier molecular flexibility index (Phi) is 4.82. The molecule has 6 heteroatoms. The van der Waals surface area contributed by atoms with Gasteiger partial charge in [0.2, 0.25) is 0 Å². The minimum atomic E-state index is -1.16. The van der Waals surface area contributed by atoms with E-state index in [9.17, 15) is 15.3 Å². The molecule has 0 saturated carbocycles. The minimum Gasteiger partial charge on any atom is -0.394 e. The number of rotatable bonds is 4. The predicted molar refractivity (Wildman–Crippen MR) is 56.5 cm³/mol. The summed E-state index contributed by atoms with van der Waals surface area (Å²) < 4.78 is 5.30. The van der Waals surface area contributed by atoms with Crippen molar-refractivity contribution in [1.82, 2.24) is 0 Å². The maximum absolute atomic E-state index is 9.63. The van der Waals surface area contributed by atoms with Crippen molar-refractivity contribution in [3.8, 4) is 0 Å². The molecule has 90 valence electrons. The van der Waals surface area contributed by atoms with Gasteiger partial charge in [0.05, 0.1) is 6.61 Å². The van der Waals surface area contributed by atoms with Crippen LogP contribution in [0.25, 0.3) is 0 Å². The zero-order valence-electron chi connectivity index (χ0n) is 8.78. The Labute approximate surface area is 93.1 Å². The third kappa shape index (κ3) is 3.05. The molecule has 0 aromatic rings. The summed E-state index contributed by atoms with van der Waals surface area (Å²) in [4.78, 5) is 0. The van der Waals surface area contributed by atoms with E-state index in [1.165, 1.54) is 11.8 Å². The molecule has 1 rings (SSSR count). The second-order valence-electron chi connectivity index (χ2n) is 3.89. The topological polar surface area (TPSA) is 90.2 Å². The Balaban J connectivity index is 2.59. The lowest BCUT2D eigenvalue weighted by molar-refractivity contribution is -0.0713. The molecule has 1 aliphatic heterocycles. The number of hydrogen-bond acceptors (Lipinski definition) is 6. The molecule has 0 unspecified atom stereocenters. The fourth-order valence-corrected chi connectivity index (χ4v) is 2.53. The van der Waals surface area contributed by atoms with Gasteiger partial charge >= 0.3 is 0 Å². The molecule has 0 aromatic heterocycles. The fourth-order valence-electron chi connectivity index (χ4n) is 1.47. The predicted octanol–water partition coefficient (Wildman–Crippen LogP) is -1.07. The van der Waals surface area contributed by atoms with Crippen LogP contribution in [0.4, 0.5) is 0 Å². The summed E-state index contributed by atoms with van der Waals surface area (Å²) in [6.07, 6.45) is -4.25. The van der Waals surface area contributed by atoms with Gasteiger partial charge in [-0.2, -0.15) is 0 Å². The monoisotopic (exact) mass is 238 g/mol. The first-order chi connectivity index (χ1) is 6.97. The second-order valence-corrected chi connectivity index (χ2v) is 5.56. The van der Waals surface area contributed by atoms with E-state index in [-0.39, 0.29) is 5.25 Å². The number of thioether (sulfide) groups is 1. The summed E-state index contributed by atoms with van der Waals surface area (Å²) in [5.41, 5.74) is -0.550. The average Bonchev–Trinajstić information content (AvgIpc) is 2.44. The third-order valence-electron chi connectivity index (χ3n) is 2.23. The Hall–Kier alpha value is 0.150. The van der Waals surface area contributed by atoms with Gasteiger partial charge in [0, 0.05) is 5.25 Å². The van der Waals surface area contributed by atoms with E-state index in [2.05, 4.69) is 0 Å². The maximum atomic E-state index is 9.63. The van der Waals surface area contributed by atoms with Gasteiger partial charge in [-0.3, -0.25) is 0 Å². The largest absolute Gasteiger partial charge is 0.394 e. The van der Waals surface area contributed by atoms with Crippen molar-refractivity contribution >= 4 is 11.8 Å². The van der Waals surface area contributed by atoms with Crippen LogP contribution in [0.15, 0.2) is 0 Å². The van der Waals surface area contributed by atoms with E-state index >= 15 is 0 Å². The summed E-state index contributed by atoms with van der Waals surface area (Å²) in [6, 6.07) is 0. The maximum Gasteiger partial charge on any atom is 0.132 e. The molecule has 1 fully saturated rings. The van der Waals surface area contributed by atoms with E-state index in [1.54, 1.807) is 0 Å². The molecule has 0 amide bonds. The fraction of sp³-hybridized carbons (Fsp3) is 1.00. The van der Waals surface area contributed by atoms with Gasteiger partial charge in [-0.05, 0) is 0 Å². The lowest BCUT2D eigenvalue weighted by Gasteiger charge is -2.18. The molecule has 0 aromatic carbocycles. The summed E-state index contributed by atoms with van der Waals surface area (Å²) in [5, 5.41) is 37.5. The van der Waals surface area contributed by atoms with Gasteiger partial charge in [-0.15, -0.1) is 11.8 Å². The summed E-state index contributed by atoms with van der Waals surface area (Å²) in [7, 11) is 0. The Morgan fingerprint density at radius 3 is 2.33 bits per heavy atom. The van der Waals surface area contributed by atoms with Crippen molar-refractivity contribution in [3.05, 3.63) is 0 Å². The molecule has 0 aliphatic carbocycles. The smallest absolute Gasteiger partial charge is 0.132 e. The highest BCUT2D eigenvalue weighted by molar-refractivity contribution is 8.00. The van der Waals surface area contributed by atoms with Gasteiger partial charge in [-0.1, -0.05) is 13.8 Å². The van der Waals surface area contributed by atoms with Crippen LogP contribution in [-0.4, -0.2) is 62.1 Å². The highest BCUT2D eigenvalue weighted by atomic mass is 32.2. The molecule has 0 radical (unpaired) electrons. The Bertz CT molecular complexity index is 201. The quantitative estimate of drug-likeness (QED) is 0.498. The van der Waals surface area contributed by atoms with E-state index in [1.807, 2.05) is 13.8 Å². The van der Waals surface area contributed by atoms with E-state index < -0.39 is 36.5 Å². The van der Waals surface area contributed by atoms with Crippen molar-refractivity contribution in [3.63, 3.8) is 0 Å². The third-order valence-corrected chi connectivity index (χ3v) is 3.43. The van der Waals surface area contributed by atoms with Crippen LogP contribution in [0.1, 0.15) is 13.8 Å². The van der Waals surface area contributed by atoms with Gasteiger partial charge in [0.1, 0.15) is 29.9 Å². The molecule has 15 heavy (non-hydrogen) atoms. The van der Waals surface area contributed by atoms with Crippen LogP contribution in [0.3, 0.4) is 0 Å².